The van der Waals surface area contributed by atoms with Crippen molar-refractivity contribution in [3.8, 4) is 0 Å². The highest BCUT2D eigenvalue weighted by atomic mass is 16.5. The molecule has 0 unspecified atom stereocenters. The fourth-order valence-electron chi connectivity index (χ4n) is 1.17. The van der Waals surface area contributed by atoms with Gasteiger partial charge in [0.2, 0.25) is 0 Å². The molecular formula is C12H20N2O. The van der Waals surface area contributed by atoms with Crippen molar-refractivity contribution in [3.63, 3.8) is 0 Å². The van der Waals surface area contributed by atoms with Crippen LogP contribution in [-0.2, 0) is 11.3 Å². The van der Waals surface area contributed by atoms with Gasteiger partial charge in [-0.2, -0.15) is 0 Å². The third kappa shape index (κ3) is 4.40. The van der Waals surface area contributed by atoms with Crippen LogP contribution in [0.4, 0.5) is 0 Å². The SMILES string of the molecule is COC(C)(C)CNCc1ccc(C)cn1. The van der Waals surface area contributed by atoms with Gasteiger partial charge >= 0.3 is 0 Å². The summed E-state index contributed by atoms with van der Waals surface area (Å²) in [6.07, 6.45) is 1.89. The van der Waals surface area contributed by atoms with Gasteiger partial charge in [-0.05, 0) is 32.4 Å². The summed E-state index contributed by atoms with van der Waals surface area (Å²) < 4.78 is 5.31. The Hall–Kier alpha value is -0.930. The Morgan fingerprint density at radius 2 is 2.13 bits per heavy atom. The van der Waals surface area contributed by atoms with Crippen molar-refractivity contribution in [3.05, 3.63) is 29.6 Å². The van der Waals surface area contributed by atoms with Gasteiger partial charge in [0.25, 0.3) is 0 Å². The van der Waals surface area contributed by atoms with E-state index in [0.29, 0.717) is 0 Å². The number of aromatic nitrogens is 1. The van der Waals surface area contributed by atoms with Crippen molar-refractivity contribution in [2.45, 2.75) is 32.9 Å². The molecule has 1 aromatic heterocycles. The van der Waals surface area contributed by atoms with Crippen LogP contribution >= 0.6 is 0 Å². The summed E-state index contributed by atoms with van der Waals surface area (Å²) in [6.45, 7) is 7.76. The molecule has 1 N–H and O–H groups in total. The minimum atomic E-state index is -0.120. The lowest BCUT2D eigenvalue weighted by molar-refractivity contribution is 0.0230. The zero-order valence-electron chi connectivity index (χ0n) is 10.0. The topological polar surface area (TPSA) is 34.1 Å². The van der Waals surface area contributed by atoms with Crippen molar-refractivity contribution in [2.75, 3.05) is 13.7 Å². The molecule has 0 aliphatic heterocycles. The minimum Gasteiger partial charge on any atom is -0.377 e. The normalized spacial score (nSPS) is 11.7. The number of nitrogens with zero attached hydrogens (tertiary/aromatic N) is 1. The second kappa shape index (κ2) is 5.24. The average molecular weight is 208 g/mol. The minimum absolute atomic E-state index is 0.120. The summed E-state index contributed by atoms with van der Waals surface area (Å²) in [5.41, 5.74) is 2.13. The van der Waals surface area contributed by atoms with Gasteiger partial charge in [0.1, 0.15) is 0 Å². The van der Waals surface area contributed by atoms with E-state index in [9.17, 15) is 0 Å². The Morgan fingerprint density at radius 1 is 1.40 bits per heavy atom. The molecule has 1 heterocycles. The van der Waals surface area contributed by atoms with Crippen LogP contribution in [0.1, 0.15) is 25.1 Å². The zero-order valence-corrected chi connectivity index (χ0v) is 10.0. The predicted molar refractivity (Wildman–Crippen MR) is 61.8 cm³/mol. The molecule has 0 aromatic carbocycles. The quantitative estimate of drug-likeness (QED) is 0.802. The fourth-order valence-corrected chi connectivity index (χ4v) is 1.17. The van der Waals surface area contributed by atoms with E-state index >= 15 is 0 Å². The maximum Gasteiger partial charge on any atom is 0.0746 e. The van der Waals surface area contributed by atoms with Gasteiger partial charge in [0, 0.05) is 26.4 Å². The average Bonchev–Trinajstić information content (AvgIpc) is 2.21. The van der Waals surface area contributed by atoms with Crippen molar-refractivity contribution in [1.29, 1.82) is 0 Å². The van der Waals surface area contributed by atoms with Gasteiger partial charge in [-0.25, -0.2) is 0 Å². The first-order valence-corrected chi connectivity index (χ1v) is 5.21. The zero-order chi connectivity index (χ0) is 11.3. The first-order chi connectivity index (χ1) is 7.03. The number of ether oxygens (including phenoxy) is 1. The number of hydrogen-bond acceptors (Lipinski definition) is 3. The summed E-state index contributed by atoms with van der Waals surface area (Å²) >= 11 is 0. The van der Waals surface area contributed by atoms with Crippen LogP contribution in [0.2, 0.25) is 0 Å². The second-order valence-electron chi connectivity index (χ2n) is 4.39. The number of pyridine rings is 1. The molecule has 0 saturated heterocycles. The standard InChI is InChI=1S/C12H20N2O/c1-10-5-6-11(14-7-10)8-13-9-12(2,3)15-4/h5-7,13H,8-9H2,1-4H3. The van der Waals surface area contributed by atoms with Crippen molar-refractivity contribution < 1.29 is 4.74 Å². The lowest BCUT2D eigenvalue weighted by Crippen LogP contribution is -2.36. The molecule has 1 aromatic rings. The van der Waals surface area contributed by atoms with Crippen molar-refractivity contribution in [1.82, 2.24) is 10.3 Å². The highest BCUT2D eigenvalue weighted by Crippen LogP contribution is 2.05. The molecule has 0 radical (unpaired) electrons. The van der Waals surface area contributed by atoms with Crippen LogP contribution in [0.3, 0.4) is 0 Å². The van der Waals surface area contributed by atoms with E-state index in [-0.39, 0.29) is 5.60 Å². The maximum absolute atomic E-state index is 5.31. The molecule has 0 saturated carbocycles. The van der Waals surface area contributed by atoms with E-state index in [2.05, 4.69) is 30.2 Å². The van der Waals surface area contributed by atoms with Gasteiger partial charge < -0.3 is 10.1 Å². The molecule has 0 amide bonds. The molecule has 0 aliphatic carbocycles. The Labute approximate surface area is 91.9 Å². The van der Waals surface area contributed by atoms with E-state index < -0.39 is 0 Å². The molecule has 15 heavy (non-hydrogen) atoms. The van der Waals surface area contributed by atoms with E-state index in [4.69, 9.17) is 4.74 Å². The number of nitrogens with one attached hydrogen (secondary N) is 1. The first-order valence-electron chi connectivity index (χ1n) is 5.21. The van der Waals surface area contributed by atoms with Crippen LogP contribution in [0.5, 0.6) is 0 Å². The van der Waals surface area contributed by atoms with Gasteiger partial charge in [0.05, 0.1) is 11.3 Å². The molecule has 0 fully saturated rings. The Morgan fingerprint density at radius 3 is 2.67 bits per heavy atom. The van der Waals surface area contributed by atoms with Crippen LogP contribution in [-0.4, -0.2) is 24.2 Å². The molecule has 84 valence electrons. The second-order valence-corrected chi connectivity index (χ2v) is 4.39. The van der Waals surface area contributed by atoms with Crippen LogP contribution in [0.25, 0.3) is 0 Å². The largest absolute Gasteiger partial charge is 0.377 e. The first kappa shape index (κ1) is 12.1. The van der Waals surface area contributed by atoms with E-state index in [1.165, 1.54) is 5.56 Å². The van der Waals surface area contributed by atoms with E-state index in [1.807, 2.05) is 19.2 Å². The number of hydrogen-bond donors (Lipinski definition) is 1. The third-order valence-corrected chi connectivity index (χ3v) is 2.38. The fraction of sp³-hybridized carbons (Fsp3) is 0.583. The van der Waals surface area contributed by atoms with E-state index in [0.717, 1.165) is 18.8 Å². The summed E-state index contributed by atoms with van der Waals surface area (Å²) in [6, 6.07) is 4.12. The molecule has 0 bridgehead atoms. The lowest BCUT2D eigenvalue weighted by atomic mass is 10.1. The highest BCUT2D eigenvalue weighted by Gasteiger charge is 2.14. The number of aryl methyl sites for hydroxylation is 1. The van der Waals surface area contributed by atoms with E-state index in [1.54, 1.807) is 7.11 Å². The van der Waals surface area contributed by atoms with Crippen molar-refractivity contribution >= 4 is 0 Å². The van der Waals surface area contributed by atoms with Crippen LogP contribution in [0.15, 0.2) is 18.3 Å². The lowest BCUT2D eigenvalue weighted by Gasteiger charge is -2.23. The van der Waals surface area contributed by atoms with Gasteiger partial charge in [-0.15, -0.1) is 0 Å². The molecule has 3 nitrogen and oxygen atoms in total. The Balaban J connectivity index is 2.35. The summed E-state index contributed by atoms with van der Waals surface area (Å²) in [7, 11) is 1.73. The van der Waals surface area contributed by atoms with Gasteiger partial charge in [-0.3, -0.25) is 4.98 Å². The molecule has 0 aliphatic rings. The van der Waals surface area contributed by atoms with Crippen molar-refractivity contribution in [2.24, 2.45) is 0 Å². The molecule has 3 heteroatoms. The molecule has 1 rings (SSSR count). The summed E-state index contributed by atoms with van der Waals surface area (Å²) in [5, 5.41) is 3.32. The van der Waals surface area contributed by atoms with Crippen LogP contribution < -0.4 is 5.32 Å². The Kier molecular flexibility index (Phi) is 4.24. The number of rotatable bonds is 5. The van der Waals surface area contributed by atoms with Crippen LogP contribution in [0, 0.1) is 6.92 Å². The van der Waals surface area contributed by atoms with Gasteiger partial charge in [0.15, 0.2) is 0 Å². The third-order valence-electron chi connectivity index (χ3n) is 2.38. The Bertz CT molecular complexity index is 293. The smallest absolute Gasteiger partial charge is 0.0746 e. The van der Waals surface area contributed by atoms with Gasteiger partial charge in [-0.1, -0.05) is 6.07 Å². The summed E-state index contributed by atoms with van der Waals surface area (Å²) in [4.78, 5) is 4.32. The maximum atomic E-state index is 5.31. The highest BCUT2D eigenvalue weighted by molar-refractivity contribution is 5.11. The molecule has 0 atom stereocenters. The molecular weight excluding hydrogens is 188 g/mol. The number of methoxy groups -OCH3 is 1. The monoisotopic (exact) mass is 208 g/mol. The summed E-state index contributed by atoms with van der Waals surface area (Å²) in [5.74, 6) is 0. The molecule has 0 spiro atoms. The predicted octanol–water partition coefficient (Wildman–Crippen LogP) is 1.90.